The summed E-state index contributed by atoms with van der Waals surface area (Å²) < 4.78 is 21.3. The van der Waals surface area contributed by atoms with E-state index in [-0.39, 0.29) is 6.10 Å². The van der Waals surface area contributed by atoms with E-state index in [1.807, 2.05) is 13.8 Å². The molecule has 1 aliphatic rings. The summed E-state index contributed by atoms with van der Waals surface area (Å²) in [6.45, 7) is 3.94. The fraction of sp³-hybridized carbons (Fsp3) is 1.00. The molecule has 0 aromatic carbocycles. The Balaban J connectivity index is 2.64. The molecule has 3 unspecified atom stereocenters. The molecule has 3 nitrogen and oxygen atoms in total. The van der Waals surface area contributed by atoms with Gasteiger partial charge in [0.1, 0.15) is 0 Å². The minimum atomic E-state index is -2.66. The first-order chi connectivity index (χ1) is 4.57. The zero-order valence-corrected chi connectivity index (χ0v) is 7.43. The van der Waals surface area contributed by atoms with Crippen LogP contribution >= 0.6 is 7.60 Å². The lowest BCUT2D eigenvalue weighted by molar-refractivity contribution is 0.182. The molecule has 0 aliphatic carbocycles. The van der Waals surface area contributed by atoms with Crippen LogP contribution in [0.15, 0.2) is 0 Å². The third kappa shape index (κ3) is 1.42. The van der Waals surface area contributed by atoms with E-state index in [4.69, 9.17) is 9.05 Å². The van der Waals surface area contributed by atoms with Crippen molar-refractivity contribution in [2.75, 3.05) is 13.3 Å². The fourth-order valence-electron chi connectivity index (χ4n) is 1.02. The highest BCUT2D eigenvalue weighted by Crippen LogP contribution is 2.56. The lowest BCUT2D eigenvalue weighted by Gasteiger charge is -2.07. The van der Waals surface area contributed by atoms with Crippen molar-refractivity contribution in [1.82, 2.24) is 0 Å². The summed E-state index contributed by atoms with van der Waals surface area (Å²) in [6, 6.07) is 0. The molecule has 4 heteroatoms. The summed E-state index contributed by atoms with van der Waals surface area (Å²) in [7, 11) is -1.23. The van der Waals surface area contributed by atoms with Gasteiger partial charge in [0.15, 0.2) is 0 Å². The van der Waals surface area contributed by atoms with E-state index in [9.17, 15) is 4.57 Å². The third-order valence-corrected chi connectivity index (χ3v) is 4.15. The van der Waals surface area contributed by atoms with E-state index in [0.29, 0.717) is 12.1 Å². The molecule has 0 amide bonds. The molecule has 0 aromatic heterocycles. The highest BCUT2D eigenvalue weighted by atomic mass is 31.2. The summed E-state index contributed by atoms with van der Waals surface area (Å²) in [5.74, 6) is 0.353. The van der Waals surface area contributed by atoms with Gasteiger partial charge < -0.3 is 9.05 Å². The van der Waals surface area contributed by atoms with Crippen LogP contribution in [0.1, 0.15) is 13.8 Å². The van der Waals surface area contributed by atoms with Crippen molar-refractivity contribution in [2.24, 2.45) is 5.92 Å². The Kier molecular flexibility index (Phi) is 2.18. The summed E-state index contributed by atoms with van der Waals surface area (Å²) >= 11 is 0. The predicted octanol–water partition coefficient (Wildman–Crippen LogP) is 1.88. The molecule has 0 saturated carbocycles. The maximum absolute atomic E-state index is 11.4. The maximum atomic E-state index is 11.4. The Hall–Kier alpha value is 0.150. The highest BCUT2D eigenvalue weighted by molar-refractivity contribution is 7.54. The Morgan fingerprint density at radius 3 is 2.40 bits per heavy atom. The van der Waals surface area contributed by atoms with Gasteiger partial charge >= 0.3 is 7.60 Å². The van der Waals surface area contributed by atoms with Crippen LogP contribution in [0, 0.1) is 5.92 Å². The van der Waals surface area contributed by atoms with Crippen molar-refractivity contribution in [3.63, 3.8) is 0 Å². The van der Waals surface area contributed by atoms with E-state index in [1.165, 1.54) is 7.11 Å². The standard InChI is InChI=1S/C6H13O3P/c1-5-4-10(7,8-3)9-6(5)2/h5-6H,4H2,1-3H3. The summed E-state index contributed by atoms with van der Waals surface area (Å²) in [5, 5.41) is 0. The zero-order chi connectivity index (χ0) is 7.78. The molecular weight excluding hydrogens is 151 g/mol. The topological polar surface area (TPSA) is 35.5 Å². The lowest BCUT2D eigenvalue weighted by atomic mass is 10.1. The zero-order valence-electron chi connectivity index (χ0n) is 6.53. The second kappa shape index (κ2) is 2.65. The van der Waals surface area contributed by atoms with Gasteiger partial charge in [0.05, 0.1) is 12.3 Å². The van der Waals surface area contributed by atoms with Gasteiger partial charge in [-0.05, 0) is 12.8 Å². The number of hydrogen-bond acceptors (Lipinski definition) is 3. The molecule has 1 fully saturated rings. The molecule has 1 saturated heterocycles. The van der Waals surface area contributed by atoms with Crippen molar-refractivity contribution in [3.05, 3.63) is 0 Å². The van der Waals surface area contributed by atoms with Crippen LogP contribution in [0.25, 0.3) is 0 Å². The van der Waals surface area contributed by atoms with Crippen LogP contribution in [0.2, 0.25) is 0 Å². The molecular formula is C6H13O3P. The van der Waals surface area contributed by atoms with Gasteiger partial charge in [-0.15, -0.1) is 0 Å². The normalized spacial score (nSPS) is 47.9. The highest BCUT2D eigenvalue weighted by Gasteiger charge is 2.38. The first kappa shape index (κ1) is 8.25. The largest absolute Gasteiger partial charge is 0.331 e. The first-order valence-electron chi connectivity index (χ1n) is 3.40. The van der Waals surface area contributed by atoms with Crippen LogP contribution in [0.3, 0.4) is 0 Å². The van der Waals surface area contributed by atoms with Gasteiger partial charge in [0.25, 0.3) is 0 Å². The van der Waals surface area contributed by atoms with Crippen molar-refractivity contribution in [1.29, 1.82) is 0 Å². The number of rotatable bonds is 1. The molecule has 1 aliphatic heterocycles. The van der Waals surface area contributed by atoms with Crippen LogP contribution < -0.4 is 0 Å². The van der Waals surface area contributed by atoms with Gasteiger partial charge in [0.2, 0.25) is 0 Å². The van der Waals surface area contributed by atoms with Gasteiger partial charge in [-0.3, -0.25) is 4.57 Å². The molecule has 0 radical (unpaired) electrons. The van der Waals surface area contributed by atoms with E-state index in [2.05, 4.69) is 0 Å². The van der Waals surface area contributed by atoms with Crippen LogP contribution in [0.4, 0.5) is 0 Å². The molecule has 0 aromatic rings. The summed E-state index contributed by atoms with van der Waals surface area (Å²) in [4.78, 5) is 0. The maximum Gasteiger partial charge on any atom is 0.331 e. The average Bonchev–Trinajstić information content (AvgIpc) is 2.10. The van der Waals surface area contributed by atoms with Gasteiger partial charge in [-0.1, -0.05) is 6.92 Å². The molecule has 1 rings (SSSR count). The van der Waals surface area contributed by atoms with Crippen LogP contribution in [0.5, 0.6) is 0 Å². The first-order valence-corrected chi connectivity index (χ1v) is 5.13. The van der Waals surface area contributed by atoms with E-state index < -0.39 is 7.60 Å². The minimum Gasteiger partial charge on any atom is -0.312 e. The smallest absolute Gasteiger partial charge is 0.312 e. The number of hydrogen-bond donors (Lipinski definition) is 0. The van der Waals surface area contributed by atoms with Crippen LogP contribution in [-0.2, 0) is 13.6 Å². The molecule has 10 heavy (non-hydrogen) atoms. The summed E-state index contributed by atoms with van der Waals surface area (Å²) in [5.41, 5.74) is 0. The molecule has 0 N–H and O–H groups in total. The third-order valence-electron chi connectivity index (χ3n) is 1.92. The SMILES string of the molecule is COP1(=O)CC(C)C(C)O1. The molecule has 3 atom stereocenters. The molecule has 0 bridgehead atoms. The Morgan fingerprint density at radius 2 is 2.20 bits per heavy atom. The second-order valence-corrected chi connectivity index (χ2v) is 4.93. The molecule has 0 spiro atoms. The minimum absolute atomic E-state index is 0.0748. The fourth-order valence-corrected chi connectivity index (χ4v) is 3.06. The molecule has 1 heterocycles. The van der Waals surface area contributed by atoms with Gasteiger partial charge in [-0.25, -0.2) is 0 Å². The summed E-state index contributed by atoms with van der Waals surface area (Å²) in [6.07, 6.45) is 0.635. The Morgan fingerprint density at radius 1 is 1.60 bits per heavy atom. The average molecular weight is 164 g/mol. The molecule has 60 valence electrons. The van der Waals surface area contributed by atoms with Gasteiger partial charge in [0, 0.05) is 7.11 Å². The van der Waals surface area contributed by atoms with Crippen molar-refractivity contribution in [3.8, 4) is 0 Å². The van der Waals surface area contributed by atoms with Crippen molar-refractivity contribution >= 4 is 7.60 Å². The Labute approximate surface area is 61.2 Å². The van der Waals surface area contributed by atoms with E-state index >= 15 is 0 Å². The second-order valence-electron chi connectivity index (χ2n) is 2.76. The monoisotopic (exact) mass is 164 g/mol. The predicted molar refractivity (Wildman–Crippen MR) is 39.2 cm³/mol. The quantitative estimate of drug-likeness (QED) is 0.555. The van der Waals surface area contributed by atoms with Crippen molar-refractivity contribution < 1.29 is 13.6 Å². The van der Waals surface area contributed by atoms with Crippen LogP contribution in [-0.4, -0.2) is 19.4 Å². The van der Waals surface area contributed by atoms with Gasteiger partial charge in [-0.2, -0.15) is 0 Å². The van der Waals surface area contributed by atoms with E-state index in [1.54, 1.807) is 0 Å². The lowest BCUT2D eigenvalue weighted by Crippen LogP contribution is -2.07. The van der Waals surface area contributed by atoms with E-state index in [0.717, 1.165) is 0 Å². The Bertz CT molecular complexity index is 154. The van der Waals surface area contributed by atoms with Crippen molar-refractivity contribution in [2.45, 2.75) is 20.0 Å².